The summed E-state index contributed by atoms with van der Waals surface area (Å²) in [5.74, 6) is 0.624. The maximum atomic E-state index is 12.6. The summed E-state index contributed by atoms with van der Waals surface area (Å²) in [6, 6.07) is 3.92. The van der Waals surface area contributed by atoms with E-state index in [1.807, 2.05) is 17.5 Å². The van der Waals surface area contributed by atoms with Gasteiger partial charge in [-0.1, -0.05) is 6.07 Å². The standard InChI is InChI=1S/C16H21N3O3S/c1-21-11-16(4-6-17-7-5-16)15(20)18-9-12-10-22-14(19-12)13-3-2-8-23-13/h2-3,8,10,17H,4-7,9,11H2,1H3,(H,18,20). The largest absolute Gasteiger partial charge is 0.443 e. The van der Waals surface area contributed by atoms with Crippen molar-refractivity contribution < 1.29 is 13.9 Å². The number of ether oxygens (including phenoxy) is 1. The summed E-state index contributed by atoms with van der Waals surface area (Å²) in [7, 11) is 1.64. The third-order valence-electron chi connectivity index (χ3n) is 4.18. The zero-order chi connectivity index (χ0) is 16.1. The number of hydrogen-bond donors (Lipinski definition) is 2. The molecule has 0 radical (unpaired) electrons. The number of aromatic nitrogens is 1. The third-order valence-corrected chi connectivity index (χ3v) is 5.03. The van der Waals surface area contributed by atoms with E-state index in [4.69, 9.17) is 9.15 Å². The second-order valence-corrected chi connectivity index (χ2v) is 6.72. The van der Waals surface area contributed by atoms with E-state index in [9.17, 15) is 4.79 Å². The molecular weight excluding hydrogens is 314 g/mol. The zero-order valence-electron chi connectivity index (χ0n) is 13.1. The molecule has 1 saturated heterocycles. The van der Waals surface area contributed by atoms with Crippen LogP contribution < -0.4 is 10.6 Å². The molecule has 0 aromatic carbocycles. The molecule has 2 N–H and O–H groups in total. The average Bonchev–Trinajstić information content (AvgIpc) is 3.25. The van der Waals surface area contributed by atoms with E-state index in [-0.39, 0.29) is 5.91 Å². The minimum absolute atomic E-state index is 0.0292. The minimum atomic E-state index is -0.444. The molecule has 3 rings (SSSR count). The Bertz CT molecular complexity index is 627. The van der Waals surface area contributed by atoms with Crippen LogP contribution in [0.15, 0.2) is 28.2 Å². The predicted octanol–water partition coefficient (Wildman–Crippen LogP) is 2.04. The maximum absolute atomic E-state index is 12.6. The first kappa shape index (κ1) is 16.2. The number of nitrogens with zero attached hydrogens (tertiary/aromatic N) is 1. The Balaban J connectivity index is 1.61. The lowest BCUT2D eigenvalue weighted by molar-refractivity contribution is -0.136. The molecule has 3 heterocycles. The van der Waals surface area contributed by atoms with Gasteiger partial charge in [-0.05, 0) is 37.4 Å². The first-order valence-electron chi connectivity index (χ1n) is 7.70. The Morgan fingerprint density at radius 2 is 2.35 bits per heavy atom. The van der Waals surface area contributed by atoms with Gasteiger partial charge in [0.05, 0.1) is 29.1 Å². The lowest BCUT2D eigenvalue weighted by atomic mass is 9.78. The molecule has 0 bridgehead atoms. The predicted molar refractivity (Wildman–Crippen MR) is 88.1 cm³/mol. The van der Waals surface area contributed by atoms with Crippen molar-refractivity contribution in [2.75, 3.05) is 26.8 Å². The molecule has 1 fully saturated rings. The molecular formula is C16H21N3O3S. The van der Waals surface area contributed by atoms with Crippen LogP contribution in [0.25, 0.3) is 10.8 Å². The molecule has 0 aliphatic carbocycles. The molecule has 124 valence electrons. The summed E-state index contributed by atoms with van der Waals surface area (Å²) in [5.41, 5.74) is 0.281. The topological polar surface area (TPSA) is 76.4 Å². The molecule has 1 aliphatic heterocycles. The molecule has 2 aromatic heterocycles. The highest BCUT2D eigenvalue weighted by Gasteiger charge is 2.39. The van der Waals surface area contributed by atoms with E-state index < -0.39 is 5.41 Å². The highest BCUT2D eigenvalue weighted by molar-refractivity contribution is 7.13. The zero-order valence-corrected chi connectivity index (χ0v) is 13.9. The van der Waals surface area contributed by atoms with Gasteiger partial charge in [0.2, 0.25) is 11.8 Å². The van der Waals surface area contributed by atoms with Gasteiger partial charge in [-0.15, -0.1) is 11.3 Å². The van der Waals surface area contributed by atoms with Crippen molar-refractivity contribution in [2.24, 2.45) is 5.41 Å². The van der Waals surface area contributed by atoms with Gasteiger partial charge in [0.1, 0.15) is 6.26 Å². The fraction of sp³-hybridized carbons (Fsp3) is 0.500. The molecule has 7 heteroatoms. The minimum Gasteiger partial charge on any atom is -0.443 e. The van der Waals surface area contributed by atoms with Crippen molar-refractivity contribution in [3.63, 3.8) is 0 Å². The highest BCUT2D eigenvalue weighted by Crippen LogP contribution is 2.29. The van der Waals surface area contributed by atoms with E-state index in [1.54, 1.807) is 24.7 Å². The van der Waals surface area contributed by atoms with Crippen molar-refractivity contribution in [2.45, 2.75) is 19.4 Å². The van der Waals surface area contributed by atoms with E-state index in [1.165, 1.54) is 0 Å². The number of amides is 1. The summed E-state index contributed by atoms with van der Waals surface area (Å²) in [4.78, 5) is 18.1. The monoisotopic (exact) mass is 335 g/mol. The van der Waals surface area contributed by atoms with Crippen LogP contribution in [-0.2, 0) is 16.1 Å². The number of rotatable bonds is 6. The van der Waals surface area contributed by atoms with Gasteiger partial charge >= 0.3 is 0 Å². The number of carbonyl (C=O) groups excluding carboxylic acids is 1. The number of carbonyl (C=O) groups is 1. The van der Waals surface area contributed by atoms with Crippen LogP contribution in [0.2, 0.25) is 0 Å². The van der Waals surface area contributed by atoms with Crippen LogP contribution in [0.3, 0.4) is 0 Å². The van der Waals surface area contributed by atoms with Gasteiger partial charge < -0.3 is 19.8 Å². The second kappa shape index (κ2) is 7.25. The first-order chi connectivity index (χ1) is 11.2. The molecule has 23 heavy (non-hydrogen) atoms. The lowest BCUT2D eigenvalue weighted by Crippen LogP contribution is -2.50. The summed E-state index contributed by atoms with van der Waals surface area (Å²) >= 11 is 1.58. The Hall–Kier alpha value is -1.70. The molecule has 0 spiro atoms. The van der Waals surface area contributed by atoms with Crippen LogP contribution in [0, 0.1) is 5.41 Å². The van der Waals surface area contributed by atoms with E-state index in [0.29, 0.717) is 19.0 Å². The van der Waals surface area contributed by atoms with E-state index in [0.717, 1.165) is 36.5 Å². The van der Waals surface area contributed by atoms with Crippen molar-refractivity contribution in [1.29, 1.82) is 0 Å². The lowest BCUT2D eigenvalue weighted by Gasteiger charge is -2.35. The molecule has 1 amide bonds. The Morgan fingerprint density at radius 1 is 1.52 bits per heavy atom. The van der Waals surface area contributed by atoms with Gasteiger partial charge in [0.15, 0.2) is 0 Å². The highest BCUT2D eigenvalue weighted by atomic mass is 32.1. The van der Waals surface area contributed by atoms with Crippen LogP contribution >= 0.6 is 11.3 Å². The van der Waals surface area contributed by atoms with Crippen molar-refractivity contribution in [1.82, 2.24) is 15.6 Å². The number of piperidine rings is 1. The SMILES string of the molecule is COCC1(C(=O)NCc2coc(-c3cccs3)n2)CCNCC1. The number of nitrogens with one attached hydrogen (secondary N) is 2. The van der Waals surface area contributed by atoms with Gasteiger partial charge in [0.25, 0.3) is 0 Å². The van der Waals surface area contributed by atoms with Gasteiger partial charge in [-0.25, -0.2) is 4.98 Å². The molecule has 0 atom stereocenters. The van der Waals surface area contributed by atoms with Gasteiger partial charge in [-0.3, -0.25) is 4.79 Å². The molecule has 2 aromatic rings. The van der Waals surface area contributed by atoms with E-state index >= 15 is 0 Å². The molecule has 0 saturated carbocycles. The van der Waals surface area contributed by atoms with Crippen molar-refractivity contribution in [3.8, 4) is 10.8 Å². The van der Waals surface area contributed by atoms with Crippen molar-refractivity contribution >= 4 is 17.2 Å². The molecule has 1 aliphatic rings. The van der Waals surface area contributed by atoms with Gasteiger partial charge in [0, 0.05) is 7.11 Å². The third kappa shape index (κ3) is 3.63. The van der Waals surface area contributed by atoms with Crippen LogP contribution in [0.1, 0.15) is 18.5 Å². The van der Waals surface area contributed by atoms with Crippen LogP contribution in [-0.4, -0.2) is 37.7 Å². The average molecular weight is 335 g/mol. The fourth-order valence-electron chi connectivity index (χ4n) is 2.88. The molecule has 0 unspecified atom stereocenters. The summed E-state index contributed by atoms with van der Waals surface area (Å²) in [5, 5.41) is 8.25. The second-order valence-electron chi connectivity index (χ2n) is 5.77. The van der Waals surface area contributed by atoms with Gasteiger partial charge in [-0.2, -0.15) is 0 Å². The molecule has 6 nitrogen and oxygen atoms in total. The first-order valence-corrected chi connectivity index (χ1v) is 8.58. The number of thiophene rings is 1. The van der Waals surface area contributed by atoms with Crippen molar-refractivity contribution in [3.05, 3.63) is 29.5 Å². The number of methoxy groups -OCH3 is 1. The quantitative estimate of drug-likeness (QED) is 0.845. The fourth-order valence-corrected chi connectivity index (χ4v) is 3.53. The summed E-state index contributed by atoms with van der Waals surface area (Å²) in [6.45, 7) is 2.49. The Morgan fingerprint density at radius 3 is 3.04 bits per heavy atom. The van der Waals surface area contributed by atoms with E-state index in [2.05, 4.69) is 15.6 Å². The smallest absolute Gasteiger partial charge is 0.236 e. The normalized spacial score (nSPS) is 17.1. The van der Waals surface area contributed by atoms with Crippen LogP contribution in [0.4, 0.5) is 0 Å². The summed E-state index contributed by atoms with van der Waals surface area (Å²) < 4.78 is 10.8. The number of hydrogen-bond acceptors (Lipinski definition) is 6. The Kier molecular flexibility index (Phi) is 5.09. The van der Waals surface area contributed by atoms with Crippen LogP contribution in [0.5, 0.6) is 0 Å². The Labute approximate surface area is 139 Å². The number of oxazole rings is 1. The summed E-state index contributed by atoms with van der Waals surface area (Å²) in [6.07, 6.45) is 3.17. The maximum Gasteiger partial charge on any atom is 0.236 e.